The van der Waals surface area contributed by atoms with E-state index >= 15 is 0 Å². The Kier molecular flexibility index (Phi) is 8.59. The van der Waals surface area contributed by atoms with Crippen molar-refractivity contribution in [2.45, 2.75) is 50.9 Å². The number of hydrogen-bond donors (Lipinski definition) is 2. The average molecular weight is 524 g/mol. The third kappa shape index (κ3) is 6.48. The first-order chi connectivity index (χ1) is 13.4. The summed E-state index contributed by atoms with van der Waals surface area (Å²) < 4.78 is 37.9. The topological polar surface area (TPSA) is 56.7 Å². The summed E-state index contributed by atoms with van der Waals surface area (Å²) >= 11 is 0. The van der Waals surface area contributed by atoms with Gasteiger partial charge in [0.15, 0.2) is 5.96 Å². The van der Waals surface area contributed by atoms with Crippen LogP contribution in [0.1, 0.15) is 43.2 Å². The van der Waals surface area contributed by atoms with Crippen LogP contribution in [0.15, 0.2) is 29.3 Å². The van der Waals surface area contributed by atoms with Crippen molar-refractivity contribution >= 4 is 35.8 Å². The summed E-state index contributed by atoms with van der Waals surface area (Å²) in [7, 11) is 1.65. The Morgan fingerprint density at radius 1 is 1.17 bits per heavy atom. The van der Waals surface area contributed by atoms with E-state index in [1.54, 1.807) is 7.05 Å². The summed E-state index contributed by atoms with van der Waals surface area (Å²) in [6.45, 7) is 1.79. The number of carbonyl (C=O) groups is 1. The van der Waals surface area contributed by atoms with Crippen LogP contribution in [0.3, 0.4) is 0 Å². The van der Waals surface area contributed by atoms with Gasteiger partial charge in [0.1, 0.15) is 0 Å². The maximum atomic E-state index is 12.6. The van der Waals surface area contributed by atoms with E-state index in [1.165, 1.54) is 12.1 Å². The minimum absolute atomic E-state index is 0. The standard InChI is InChI=1S/C20H27F3N4O.HI/c1-24-19(25-12-14-6-8-16(9-7-14)20(21,22)23)26-17-10-11-27(13-17)18(28)15-4-2-3-5-15;/h6-9,15,17H,2-5,10-13H2,1H3,(H2,24,25,26);1H. The molecule has 162 valence electrons. The van der Waals surface area contributed by atoms with Crippen molar-refractivity contribution in [1.29, 1.82) is 0 Å². The van der Waals surface area contributed by atoms with E-state index in [2.05, 4.69) is 15.6 Å². The second-order valence-electron chi connectivity index (χ2n) is 7.52. The monoisotopic (exact) mass is 524 g/mol. The summed E-state index contributed by atoms with van der Waals surface area (Å²) in [4.78, 5) is 18.7. The van der Waals surface area contributed by atoms with Gasteiger partial charge in [0.25, 0.3) is 0 Å². The average Bonchev–Trinajstić information content (AvgIpc) is 3.36. The SMILES string of the molecule is CN=C(NCc1ccc(C(F)(F)F)cc1)NC1CCN(C(=O)C2CCCC2)C1.I. The smallest absolute Gasteiger partial charge is 0.352 e. The number of rotatable bonds is 4. The van der Waals surface area contributed by atoms with Crippen molar-refractivity contribution in [3.8, 4) is 0 Å². The fraction of sp³-hybridized carbons (Fsp3) is 0.600. The lowest BCUT2D eigenvalue weighted by molar-refractivity contribution is -0.137. The Labute approximate surface area is 186 Å². The third-order valence-corrected chi connectivity index (χ3v) is 5.51. The highest BCUT2D eigenvalue weighted by Crippen LogP contribution is 2.29. The van der Waals surface area contributed by atoms with Crippen LogP contribution in [0.5, 0.6) is 0 Å². The highest BCUT2D eigenvalue weighted by Gasteiger charge is 2.32. The number of benzene rings is 1. The lowest BCUT2D eigenvalue weighted by Crippen LogP contribution is -2.45. The maximum absolute atomic E-state index is 12.6. The maximum Gasteiger partial charge on any atom is 0.416 e. The number of amides is 1. The van der Waals surface area contributed by atoms with Crippen LogP contribution in [0, 0.1) is 5.92 Å². The summed E-state index contributed by atoms with van der Waals surface area (Å²) in [6, 6.07) is 5.21. The second-order valence-corrected chi connectivity index (χ2v) is 7.52. The van der Waals surface area contributed by atoms with Gasteiger partial charge in [-0.05, 0) is 37.0 Å². The molecule has 1 saturated carbocycles. The fourth-order valence-electron chi connectivity index (χ4n) is 3.89. The molecule has 29 heavy (non-hydrogen) atoms. The first-order valence-electron chi connectivity index (χ1n) is 9.79. The number of alkyl halides is 3. The summed E-state index contributed by atoms with van der Waals surface area (Å²) in [5.74, 6) is 1.05. The molecule has 0 spiro atoms. The van der Waals surface area contributed by atoms with E-state index in [0.29, 0.717) is 19.0 Å². The molecule has 1 aliphatic carbocycles. The van der Waals surface area contributed by atoms with Crippen molar-refractivity contribution in [3.05, 3.63) is 35.4 Å². The predicted octanol–water partition coefficient (Wildman–Crippen LogP) is 3.78. The first kappa shape index (κ1) is 23.8. The van der Waals surface area contributed by atoms with Crippen LogP contribution in [0.25, 0.3) is 0 Å². The number of nitrogens with one attached hydrogen (secondary N) is 2. The molecule has 1 aromatic carbocycles. The number of aliphatic imine (C=N–C) groups is 1. The van der Waals surface area contributed by atoms with Crippen molar-refractivity contribution < 1.29 is 18.0 Å². The van der Waals surface area contributed by atoms with Gasteiger partial charge in [0, 0.05) is 38.6 Å². The van der Waals surface area contributed by atoms with Gasteiger partial charge >= 0.3 is 6.18 Å². The van der Waals surface area contributed by atoms with Crippen LogP contribution >= 0.6 is 24.0 Å². The molecule has 1 aromatic rings. The largest absolute Gasteiger partial charge is 0.416 e. The molecule has 3 rings (SSSR count). The Morgan fingerprint density at radius 2 is 1.83 bits per heavy atom. The van der Waals surface area contributed by atoms with E-state index in [-0.39, 0.29) is 41.8 Å². The second kappa shape index (κ2) is 10.5. The van der Waals surface area contributed by atoms with Gasteiger partial charge in [-0.1, -0.05) is 25.0 Å². The van der Waals surface area contributed by atoms with Gasteiger partial charge in [-0.2, -0.15) is 13.2 Å². The molecular weight excluding hydrogens is 496 g/mol. The van der Waals surface area contributed by atoms with Gasteiger partial charge in [-0.25, -0.2) is 0 Å². The van der Waals surface area contributed by atoms with E-state index in [1.807, 2.05) is 4.90 Å². The minimum Gasteiger partial charge on any atom is -0.352 e. The number of hydrogen-bond acceptors (Lipinski definition) is 2. The Bertz CT molecular complexity index is 703. The van der Waals surface area contributed by atoms with Gasteiger partial charge in [-0.15, -0.1) is 24.0 Å². The van der Waals surface area contributed by atoms with Gasteiger partial charge in [0.2, 0.25) is 5.91 Å². The van der Waals surface area contributed by atoms with Crippen molar-refractivity contribution in [3.63, 3.8) is 0 Å². The van der Waals surface area contributed by atoms with Crippen molar-refractivity contribution in [2.24, 2.45) is 10.9 Å². The number of halogens is 4. The number of likely N-dealkylation sites (tertiary alicyclic amines) is 1. The molecule has 0 aromatic heterocycles. The Balaban J connectivity index is 0.00000300. The molecule has 1 atom stereocenters. The molecule has 9 heteroatoms. The summed E-state index contributed by atoms with van der Waals surface area (Å²) in [5, 5.41) is 6.44. The molecule has 2 aliphatic rings. The lowest BCUT2D eigenvalue weighted by atomic mass is 10.1. The molecule has 5 nitrogen and oxygen atoms in total. The normalized spacial score (nSPS) is 20.5. The first-order valence-corrected chi connectivity index (χ1v) is 9.79. The summed E-state index contributed by atoms with van der Waals surface area (Å²) in [6.07, 6.45) is 0.833. The van der Waals surface area contributed by atoms with E-state index in [4.69, 9.17) is 0 Å². The molecule has 1 saturated heterocycles. The molecule has 1 aliphatic heterocycles. The number of carbonyl (C=O) groups excluding carboxylic acids is 1. The minimum atomic E-state index is -4.33. The van der Waals surface area contributed by atoms with Gasteiger partial charge in [-0.3, -0.25) is 9.79 Å². The van der Waals surface area contributed by atoms with Crippen molar-refractivity contribution in [1.82, 2.24) is 15.5 Å². The predicted molar refractivity (Wildman–Crippen MR) is 117 cm³/mol. The fourth-order valence-corrected chi connectivity index (χ4v) is 3.89. The molecule has 0 bridgehead atoms. The van der Waals surface area contributed by atoms with Crippen molar-refractivity contribution in [2.75, 3.05) is 20.1 Å². The van der Waals surface area contributed by atoms with Crippen LogP contribution in [-0.4, -0.2) is 42.9 Å². The van der Waals surface area contributed by atoms with Gasteiger partial charge < -0.3 is 15.5 Å². The molecule has 0 radical (unpaired) electrons. The zero-order valence-corrected chi connectivity index (χ0v) is 18.8. The molecular formula is C20H28F3IN4O. The Hall–Kier alpha value is -1.52. The van der Waals surface area contributed by atoms with Crippen LogP contribution in [0.2, 0.25) is 0 Å². The lowest BCUT2D eigenvalue weighted by Gasteiger charge is -2.21. The summed E-state index contributed by atoms with van der Waals surface area (Å²) in [5.41, 5.74) is 0.0807. The number of guanidine groups is 1. The highest BCUT2D eigenvalue weighted by molar-refractivity contribution is 14.0. The molecule has 1 heterocycles. The quantitative estimate of drug-likeness (QED) is 0.358. The third-order valence-electron chi connectivity index (χ3n) is 5.51. The molecule has 2 N–H and O–H groups in total. The zero-order chi connectivity index (χ0) is 20.1. The Morgan fingerprint density at radius 3 is 2.41 bits per heavy atom. The van der Waals surface area contributed by atoms with Crippen LogP contribution in [-0.2, 0) is 17.5 Å². The molecule has 1 unspecified atom stereocenters. The number of nitrogens with zero attached hydrogens (tertiary/aromatic N) is 2. The van der Waals surface area contributed by atoms with Crippen LogP contribution in [0.4, 0.5) is 13.2 Å². The highest BCUT2D eigenvalue weighted by atomic mass is 127. The molecule has 1 amide bonds. The van der Waals surface area contributed by atoms with Gasteiger partial charge in [0.05, 0.1) is 5.56 Å². The van der Waals surface area contributed by atoms with E-state index in [9.17, 15) is 18.0 Å². The van der Waals surface area contributed by atoms with E-state index < -0.39 is 11.7 Å². The van der Waals surface area contributed by atoms with Crippen LogP contribution < -0.4 is 10.6 Å². The molecule has 2 fully saturated rings. The zero-order valence-electron chi connectivity index (χ0n) is 16.5. The van der Waals surface area contributed by atoms with E-state index in [0.717, 1.165) is 56.3 Å².